The van der Waals surface area contributed by atoms with E-state index in [4.69, 9.17) is 0 Å². The van der Waals surface area contributed by atoms with Crippen LogP contribution in [0.5, 0.6) is 0 Å². The van der Waals surface area contributed by atoms with Gasteiger partial charge in [0, 0.05) is 23.2 Å². The minimum absolute atomic E-state index is 0.0258. The molecule has 0 atom stereocenters. The van der Waals surface area contributed by atoms with Crippen molar-refractivity contribution in [3.63, 3.8) is 0 Å². The van der Waals surface area contributed by atoms with Crippen molar-refractivity contribution >= 4 is 34.8 Å². The zero-order valence-electron chi connectivity index (χ0n) is 11.8. The van der Waals surface area contributed by atoms with Crippen molar-refractivity contribution in [2.75, 3.05) is 12.3 Å². The summed E-state index contributed by atoms with van der Waals surface area (Å²) in [4.78, 5) is 26.0. The van der Waals surface area contributed by atoms with E-state index in [1.54, 1.807) is 11.8 Å². The lowest BCUT2D eigenvalue weighted by Gasteiger charge is -2.00. The van der Waals surface area contributed by atoms with E-state index < -0.39 is 0 Å². The highest BCUT2D eigenvalue weighted by molar-refractivity contribution is 8.00. The van der Waals surface area contributed by atoms with E-state index in [9.17, 15) is 9.59 Å². The first-order chi connectivity index (χ1) is 10.1. The van der Waals surface area contributed by atoms with Gasteiger partial charge in [0.25, 0.3) is 0 Å². The Kier molecular flexibility index (Phi) is 6.02. The van der Waals surface area contributed by atoms with E-state index in [1.807, 2.05) is 42.5 Å². The SMILES string of the molecule is CC(=O)NCCc1ccc(C(=O)CSc2ccccc2)s1. The number of hydrogen-bond acceptors (Lipinski definition) is 4. The van der Waals surface area contributed by atoms with Gasteiger partial charge in [0.05, 0.1) is 10.6 Å². The normalized spacial score (nSPS) is 10.3. The largest absolute Gasteiger partial charge is 0.356 e. The molecule has 1 aromatic heterocycles. The Hall–Kier alpha value is -1.59. The molecule has 0 saturated heterocycles. The summed E-state index contributed by atoms with van der Waals surface area (Å²) in [6.07, 6.45) is 0.767. The first-order valence-corrected chi connectivity index (χ1v) is 8.49. The highest BCUT2D eigenvalue weighted by Crippen LogP contribution is 2.22. The molecule has 2 rings (SSSR count). The second-order valence-electron chi connectivity index (χ2n) is 4.52. The molecule has 0 aliphatic rings. The number of carbonyl (C=O) groups is 2. The van der Waals surface area contributed by atoms with Crippen LogP contribution in [0.15, 0.2) is 47.4 Å². The molecule has 0 aliphatic heterocycles. The Bertz CT molecular complexity index is 608. The number of hydrogen-bond donors (Lipinski definition) is 1. The molecule has 110 valence electrons. The first kappa shape index (κ1) is 15.8. The minimum atomic E-state index is -0.0258. The zero-order valence-corrected chi connectivity index (χ0v) is 13.4. The van der Waals surface area contributed by atoms with Gasteiger partial charge in [-0.3, -0.25) is 9.59 Å². The number of rotatable bonds is 7. The second kappa shape index (κ2) is 8.00. The number of carbonyl (C=O) groups excluding carboxylic acids is 2. The van der Waals surface area contributed by atoms with Crippen LogP contribution in [0, 0.1) is 0 Å². The number of ketones is 1. The van der Waals surface area contributed by atoms with Crippen LogP contribution >= 0.6 is 23.1 Å². The topological polar surface area (TPSA) is 46.2 Å². The number of thiophene rings is 1. The van der Waals surface area contributed by atoms with Gasteiger partial charge < -0.3 is 5.32 Å². The molecule has 0 unspecified atom stereocenters. The fourth-order valence-corrected chi connectivity index (χ4v) is 3.60. The number of amides is 1. The van der Waals surface area contributed by atoms with Crippen LogP contribution in [-0.2, 0) is 11.2 Å². The third-order valence-corrected chi connectivity index (χ3v) is 4.99. The Balaban J connectivity index is 1.83. The molecule has 2 aromatic rings. The lowest BCUT2D eigenvalue weighted by Crippen LogP contribution is -2.22. The Labute approximate surface area is 132 Å². The van der Waals surface area contributed by atoms with Crippen LogP contribution in [0.4, 0.5) is 0 Å². The Morgan fingerprint density at radius 3 is 2.62 bits per heavy atom. The van der Waals surface area contributed by atoms with Gasteiger partial charge in [0.2, 0.25) is 5.91 Å². The number of Topliss-reactive ketones (excluding diaryl/α,β-unsaturated/α-hetero) is 1. The molecule has 0 radical (unpaired) electrons. The third-order valence-electron chi connectivity index (χ3n) is 2.79. The molecule has 0 saturated carbocycles. The summed E-state index contributed by atoms with van der Waals surface area (Å²) in [7, 11) is 0. The summed E-state index contributed by atoms with van der Waals surface area (Å²) in [5.41, 5.74) is 0. The predicted molar refractivity (Wildman–Crippen MR) is 88.2 cm³/mol. The lowest BCUT2D eigenvalue weighted by molar-refractivity contribution is -0.118. The maximum Gasteiger partial charge on any atom is 0.216 e. The van der Waals surface area contributed by atoms with Crippen molar-refractivity contribution in [3.8, 4) is 0 Å². The molecule has 1 N–H and O–H groups in total. The van der Waals surface area contributed by atoms with Gasteiger partial charge in [-0.05, 0) is 30.7 Å². The van der Waals surface area contributed by atoms with Crippen LogP contribution in [0.25, 0.3) is 0 Å². The minimum Gasteiger partial charge on any atom is -0.356 e. The number of benzene rings is 1. The standard InChI is InChI=1S/C16H17NO2S2/c1-12(18)17-10-9-14-7-8-16(21-14)15(19)11-20-13-5-3-2-4-6-13/h2-8H,9-11H2,1H3,(H,17,18). The van der Waals surface area contributed by atoms with E-state index in [-0.39, 0.29) is 11.7 Å². The summed E-state index contributed by atoms with van der Waals surface area (Å²) in [6.45, 7) is 2.12. The monoisotopic (exact) mass is 319 g/mol. The summed E-state index contributed by atoms with van der Waals surface area (Å²) in [5.74, 6) is 0.581. The van der Waals surface area contributed by atoms with E-state index in [2.05, 4.69) is 5.32 Å². The lowest BCUT2D eigenvalue weighted by atomic mass is 10.3. The average molecular weight is 319 g/mol. The smallest absolute Gasteiger partial charge is 0.216 e. The Morgan fingerprint density at radius 1 is 1.14 bits per heavy atom. The quantitative estimate of drug-likeness (QED) is 0.628. The fraction of sp³-hybridized carbons (Fsp3) is 0.250. The van der Waals surface area contributed by atoms with E-state index in [0.717, 1.165) is 21.1 Å². The average Bonchev–Trinajstić information content (AvgIpc) is 2.94. The maximum atomic E-state index is 12.1. The molecular weight excluding hydrogens is 302 g/mol. The van der Waals surface area contributed by atoms with Gasteiger partial charge in [-0.25, -0.2) is 0 Å². The van der Waals surface area contributed by atoms with Gasteiger partial charge in [-0.1, -0.05) is 18.2 Å². The molecule has 1 amide bonds. The van der Waals surface area contributed by atoms with Crippen molar-refractivity contribution in [1.82, 2.24) is 5.32 Å². The van der Waals surface area contributed by atoms with Crippen LogP contribution in [0.3, 0.4) is 0 Å². The van der Waals surface area contributed by atoms with Gasteiger partial charge in [-0.2, -0.15) is 0 Å². The molecule has 5 heteroatoms. The molecule has 1 aromatic carbocycles. The maximum absolute atomic E-state index is 12.1. The summed E-state index contributed by atoms with van der Waals surface area (Å²) in [6, 6.07) is 13.8. The van der Waals surface area contributed by atoms with Crippen molar-refractivity contribution < 1.29 is 9.59 Å². The van der Waals surface area contributed by atoms with Crippen LogP contribution in [0.1, 0.15) is 21.5 Å². The molecule has 3 nitrogen and oxygen atoms in total. The summed E-state index contributed by atoms with van der Waals surface area (Å²) < 4.78 is 0. The molecule has 0 spiro atoms. The molecule has 0 fully saturated rings. The molecule has 0 aliphatic carbocycles. The van der Waals surface area contributed by atoms with E-state index in [1.165, 1.54) is 18.3 Å². The van der Waals surface area contributed by atoms with E-state index in [0.29, 0.717) is 12.3 Å². The molecule has 0 bridgehead atoms. The second-order valence-corrected chi connectivity index (χ2v) is 6.74. The van der Waals surface area contributed by atoms with Gasteiger partial charge in [0.1, 0.15) is 0 Å². The fourth-order valence-electron chi connectivity index (χ4n) is 1.76. The van der Waals surface area contributed by atoms with Gasteiger partial charge in [-0.15, -0.1) is 23.1 Å². The van der Waals surface area contributed by atoms with Crippen LogP contribution in [0.2, 0.25) is 0 Å². The summed E-state index contributed by atoms with van der Waals surface area (Å²) >= 11 is 3.07. The summed E-state index contributed by atoms with van der Waals surface area (Å²) in [5, 5.41) is 2.76. The third kappa shape index (κ3) is 5.36. The predicted octanol–water partition coefficient (Wildman–Crippen LogP) is 3.40. The molecule has 21 heavy (non-hydrogen) atoms. The van der Waals surface area contributed by atoms with Crippen molar-refractivity contribution in [2.24, 2.45) is 0 Å². The Morgan fingerprint density at radius 2 is 1.90 bits per heavy atom. The number of nitrogens with one attached hydrogen (secondary N) is 1. The van der Waals surface area contributed by atoms with Crippen molar-refractivity contribution in [1.29, 1.82) is 0 Å². The highest BCUT2D eigenvalue weighted by Gasteiger charge is 2.10. The molecule has 1 heterocycles. The van der Waals surface area contributed by atoms with Crippen LogP contribution in [-0.4, -0.2) is 24.0 Å². The van der Waals surface area contributed by atoms with Crippen molar-refractivity contribution in [2.45, 2.75) is 18.2 Å². The van der Waals surface area contributed by atoms with Crippen molar-refractivity contribution in [3.05, 3.63) is 52.2 Å². The molecular formula is C16H17NO2S2. The van der Waals surface area contributed by atoms with Gasteiger partial charge in [0.15, 0.2) is 5.78 Å². The highest BCUT2D eigenvalue weighted by atomic mass is 32.2. The van der Waals surface area contributed by atoms with Gasteiger partial charge >= 0.3 is 0 Å². The first-order valence-electron chi connectivity index (χ1n) is 6.69. The zero-order chi connectivity index (χ0) is 15.1. The van der Waals surface area contributed by atoms with E-state index >= 15 is 0 Å². The van der Waals surface area contributed by atoms with Crippen LogP contribution < -0.4 is 5.32 Å². The number of thioether (sulfide) groups is 1.